The van der Waals surface area contributed by atoms with Crippen LogP contribution in [0.15, 0.2) is 47.5 Å². The van der Waals surface area contributed by atoms with E-state index in [0.29, 0.717) is 36.1 Å². The van der Waals surface area contributed by atoms with Crippen LogP contribution in [0.4, 0.5) is 13.2 Å². The first kappa shape index (κ1) is 26.8. The Morgan fingerprint density at radius 1 is 0.935 bits per heavy atom. The van der Waals surface area contributed by atoms with Gasteiger partial charge in [-0.3, -0.25) is 4.99 Å². The first-order valence-corrected chi connectivity index (χ1v) is 9.23. The van der Waals surface area contributed by atoms with E-state index in [0.717, 1.165) is 11.1 Å². The Hall–Kier alpha value is -2.21. The Kier molecular flexibility index (Phi) is 11.5. The van der Waals surface area contributed by atoms with Crippen molar-refractivity contribution >= 4 is 29.9 Å². The molecule has 0 fully saturated rings. The highest BCUT2D eigenvalue weighted by atomic mass is 127. The van der Waals surface area contributed by atoms with Gasteiger partial charge in [-0.15, -0.1) is 24.0 Å². The van der Waals surface area contributed by atoms with Crippen LogP contribution in [0, 0.1) is 0 Å². The molecule has 0 heterocycles. The highest BCUT2D eigenvalue weighted by Crippen LogP contribution is 2.30. The van der Waals surface area contributed by atoms with Crippen molar-refractivity contribution in [1.29, 1.82) is 0 Å². The van der Waals surface area contributed by atoms with Gasteiger partial charge in [-0.25, -0.2) is 0 Å². The minimum absolute atomic E-state index is 0. The number of guanidine groups is 1. The molecule has 0 unspecified atom stereocenters. The molecule has 10 heteroatoms. The van der Waals surface area contributed by atoms with E-state index < -0.39 is 12.8 Å². The largest absolute Gasteiger partial charge is 0.493 e. The standard InChI is InChI=1S/C21H26F3N3O3.HI/c1-25-20(27-12-17-5-4-6-18(28-2)19(17)29-3)26-11-15-7-9-16(10-8-15)13-30-14-21(22,23)24;/h4-10H,11-14H2,1-3H3,(H2,25,26,27);1H. The van der Waals surface area contributed by atoms with E-state index in [4.69, 9.17) is 9.47 Å². The maximum absolute atomic E-state index is 12.1. The van der Waals surface area contributed by atoms with E-state index in [1.54, 1.807) is 33.4 Å². The zero-order valence-electron chi connectivity index (χ0n) is 17.6. The number of benzene rings is 2. The number of hydrogen-bond donors (Lipinski definition) is 2. The van der Waals surface area contributed by atoms with E-state index in [1.807, 2.05) is 30.3 Å². The highest BCUT2D eigenvalue weighted by molar-refractivity contribution is 14.0. The number of aliphatic imine (C=N–C) groups is 1. The molecule has 0 aromatic heterocycles. The Morgan fingerprint density at radius 2 is 1.58 bits per heavy atom. The van der Waals surface area contributed by atoms with Crippen LogP contribution in [0.3, 0.4) is 0 Å². The molecule has 2 aromatic rings. The summed E-state index contributed by atoms with van der Waals surface area (Å²) in [6, 6.07) is 12.8. The summed E-state index contributed by atoms with van der Waals surface area (Å²) in [5.74, 6) is 1.91. The van der Waals surface area contributed by atoms with Gasteiger partial charge in [-0.1, -0.05) is 36.4 Å². The number of rotatable bonds is 9. The molecule has 0 bridgehead atoms. The topological polar surface area (TPSA) is 64.1 Å². The van der Waals surface area contributed by atoms with Gasteiger partial charge in [0.1, 0.15) is 6.61 Å². The van der Waals surface area contributed by atoms with Crippen LogP contribution in [0.2, 0.25) is 0 Å². The lowest BCUT2D eigenvalue weighted by molar-refractivity contribution is -0.176. The average molecular weight is 553 g/mol. The van der Waals surface area contributed by atoms with E-state index in [1.165, 1.54) is 0 Å². The quantitative estimate of drug-likeness (QED) is 0.276. The summed E-state index contributed by atoms with van der Waals surface area (Å²) in [5.41, 5.74) is 2.55. The molecule has 2 aromatic carbocycles. The second-order valence-corrected chi connectivity index (χ2v) is 6.36. The lowest BCUT2D eigenvalue weighted by Crippen LogP contribution is -2.36. The average Bonchev–Trinajstić information content (AvgIpc) is 2.73. The van der Waals surface area contributed by atoms with Crippen LogP contribution in [0.25, 0.3) is 0 Å². The number of nitrogens with zero attached hydrogens (tertiary/aromatic N) is 1. The lowest BCUT2D eigenvalue weighted by atomic mass is 10.1. The van der Waals surface area contributed by atoms with Crippen molar-refractivity contribution in [1.82, 2.24) is 10.6 Å². The first-order valence-electron chi connectivity index (χ1n) is 9.23. The molecular weight excluding hydrogens is 526 g/mol. The molecule has 0 saturated heterocycles. The molecule has 0 atom stereocenters. The van der Waals surface area contributed by atoms with Gasteiger partial charge in [0.2, 0.25) is 0 Å². The summed E-state index contributed by atoms with van der Waals surface area (Å²) >= 11 is 0. The summed E-state index contributed by atoms with van der Waals surface area (Å²) in [5, 5.41) is 6.40. The molecule has 31 heavy (non-hydrogen) atoms. The molecule has 6 nitrogen and oxygen atoms in total. The molecule has 0 aliphatic carbocycles. The molecular formula is C21H27F3IN3O3. The third-order valence-electron chi connectivity index (χ3n) is 4.17. The predicted molar refractivity (Wildman–Crippen MR) is 124 cm³/mol. The zero-order valence-corrected chi connectivity index (χ0v) is 19.9. The Morgan fingerprint density at radius 3 is 2.16 bits per heavy atom. The lowest BCUT2D eigenvalue weighted by Gasteiger charge is -2.15. The first-order chi connectivity index (χ1) is 14.4. The van der Waals surface area contributed by atoms with E-state index in [-0.39, 0.29) is 30.6 Å². The normalized spacial score (nSPS) is 11.5. The Balaban J connectivity index is 0.00000480. The van der Waals surface area contributed by atoms with Crippen LogP contribution in [-0.2, 0) is 24.4 Å². The van der Waals surface area contributed by atoms with Gasteiger partial charge in [-0.2, -0.15) is 13.2 Å². The van der Waals surface area contributed by atoms with Gasteiger partial charge in [0.05, 0.1) is 20.8 Å². The zero-order chi connectivity index (χ0) is 22.0. The number of methoxy groups -OCH3 is 2. The van der Waals surface area contributed by atoms with Gasteiger partial charge in [-0.05, 0) is 17.2 Å². The number of alkyl halides is 3. The van der Waals surface area contributed by atoms with Gasteiger partial charge >= 0.3 is 6.18 Å². The van der Waals surface area contributed by atoms with Gasteiger partial charge in [0.25, 0.3) is 0 Å². The predicted octanol–water partition coefficient (Wildman–Crippen LogP) is 4.27. The van der Waals surface area contributed by atoms with Crippen LogP contribution >= 0.6 is 24.0 Å². The molecule has 0 amide bonds. The molecule has 0 aliphatic heterocycles. The van der Waals surface area contributed by atoms with Crippen molar-refractivity contribution in [2.45, 2.75) is 25.9 Å². The van der Waals surface area contributed by atoms with Gasteiger partial charge < -0.3 is 24.8 Å². The number of ether oxygens (including phenoxy) is 3. The number of halogens is 4. The number of hydrogen-bond acceptors (Lipinski definition) is 4. The van der Waals surface area contributed by atoms with Crippen LogP contribution in [0.1, 0.15) is 16.7 Å². The van der Waals surface area contributed by atoms with Crippen molar-refractivity contribution in [3.05, 3.63) is 59.2 Å². The van der Waals surface area contributed by atoms with Crippen molar-refractivity contribution < 1.29 is 27.4 Å². The molecule has 0 spiro atoms. The smallest absolute Gasteiger partial charge is 0.411 e. The van der Waals surface area contributed by atoms with Crippen molar-refractivity contribution in [2.24, 2.45) is 4.99 Å². The summed E-state index contributed by atoms with van der Waals surface area (Å²) in [4.78, 5) is 4.19. The molecule has 172 valence electrons. The fourth-order valence-electron chi connectivity index (χ4n) is 2.72. The molecule has 2 N–H and O–H groups in total. The highest BCUT2D eigenvalue weighted by Gasteiger charge is 2.27. The van der Waals surface area contributed by atoms with E-state index >= 15 is 0 Å². The van der Waals surface area contributed by atoms with Crippen LogP contribution in [0.5, 0.6) is 11.5 Å². The maximum atomic E-state index is 12.1. The third kappa shape index (κ3) is 9.21. The van der Waals surface area contributed by atoms with E-state index in [9.17, 15) is 13.2 Å². The molecule has 0 aliphatic rings. The number of nitrogens with one attached hydrogen (secondary N) is 2. The second kappa shape index (κ2) is 13.3. The Bertz CT molecular complexity index is 831. The van der Waals surface area contributed by atoms with E-state index in [2.05, 4.69) is 20.4 Å². The summed E-state index contributed by atoms with van der Waals surface area (Å²) in [6.45, 7) is -0.358. The molecule has 0 radical (unpaired) electrons. The minimum Gasteiger partial charge on any atom is -0.493 e. The van der Waals surface area contributed by atoms with Gasteiger partial charge in [0.15, 0.2) is 17.5 Å². The maximum Gasteiger partial charge on any atom is 0.411 e. The fourth-order valence-corrected chi connectivity index (χ4v) is 2.72. The fraction of sp³-hybridized carbons (Fsp3) is 0.381. The summed E-state index contributed by atoms with van der Waals surface area (Å²) in [7, 11) is 4.84. The summed E-state index contributed by atoms with van der Waals surface area (Å²) < 4.78 is 51.7. The van der Waals surface area contributed by atoms with Crippen LogP contribution in [-0.4, -0.2) is 40.0 Å². The van der Waals surface area contributed by atoms with Crippen LogP contribution < -0.4 is 20.1 Å². The second-order valence-electron chi connectivity index (χ2n) is 6.36. The minimum atomic E-state index is -4.32. The SMILES string of the molecule is CN=C(NCc1ccc(COCC(F)(F)F)cc1)NCc1cccc(OC)c1OC.I. The monoisotopic (exact) mass is 553 g/mol. The van der Waals surface area contributed by atoms with Crippen molar-refractivity contribution in [2.75, 3.05) is 27.9 Å². The van der Waals surface area contributed by atoms with Gasteiger partial charge in [0, 0.05) is 25.7 Å². The molecule has 2 rings (SSSR count). The van der Waals surface area contributed by atoms with Crippen molar-refractivity contribution in [3.63, 3.8) is 0 Å². The third-order valence-corrected chi connectivity index (χ3v) is 4.17. The molecule has 0 saturated carbocycles. The van der Waals surface area contributed by atoms with Crippen molar-refractivity contribution in [3.8, 4) is 11.5 Å². The number of para-hydroxylation sites is 1. The Labute approximate surface area is 197 Å². The summed E-state index contributed by atoms with van der Waals surface area (Å²) in [6.07, 6.45) is -4.32.